The van der Waals surface area contributed by atoms with Crippen LogP contribution in [0, 0.1) is 17.8 Å². The number of nitrogens with zero attached hydrogens (tertiary/aromatic N) is 1. The Labute approximate surface area is 122 Å². The molecule has 21 heavy (non-hydrogen) atoms. The van der Waals surface area contributed by atoms with Crippen LogP contribution in [0.3, 0.4) is 0 Å². The molecule has 0 spiro atoms. The highest BCUT2D eigenvalue weighted by atomic mass is 16.2. The number of amides is 2. The first-order valence-corrected chi connectivity index (χ1v) is 7.45. The van der Waals surface area contributed by atoms with Crippen molar-refractivity contribution in [2.75, 3.05) is 5.32 Å². The average Bonchev–Trinajstić information content (AvgIpc) is 3.27. The Balaban J connectivity index is 1.68. The lowest BCUT2D eigenvalue weighted by atomic mass is 9.97. The Morgan fingerprint density at radius 2 is 2.05 bits per heavy atom. The number of fused-ring (bicyclic) bond motifs is 2. The summed E-state index contributed by atoms with van der Waals surface area (Å²) < 4.78 is 0. The molecule has 2 N–H and O–H groups in total. The molecule has 5 nitrogen and oxygen atoms in total. The molecule has 2 aliphatic heterocycles. The normalized spacial score (nSPS) is 30.3. The third-order valence-corrected chi connectivity index (χ3v) is 4.72. The SMILES string of the molecule is CC1CCc2cc(C3=NNC(=O)C4CC34)ccc2NC1=O. The second kappa shape index (κ2) is 4.41. The van der Waals surface area contributed by atoms with Crippen molar-refractivity contribution < 1.29 is 9.59 Å². The fourth-order valence-electron chi connectivity index (χ4n) is 3.19. The van der Waals surface area contributed by atoms with Gasteiger partial charge in [-0.05, 0) is 42.5 Å². The molecule has 2 amide bonds. The van der Waals surface area contributed by atoms with E-state index in [0.29, 0.717) is 0 Å². The molecule has 0 aromatic heterocycles. The minimum Gasteiger partial charge on any atom is -0.326 e. The Hall–Kier alpha value is -2.17. The summed E-state index contributed by atoms with van der Waals surface area (Å²) in [5, 5.41) is 7.22. The predicted octanol–water partition coefficient (Wildman–Crippen LogP) is 1.68. The Morgan fingerprint density at radius 1 is 1.19 bits per heavy atom. The van der Waals surface area contributed by atoms with Gasteiger partial charge in [-0.1, -0.05) is 13.0 Å². The Morgan fingerprint density at radius 3 is 2.90 bits per heavy atom. The molecule has 4 rings (SSSR count). The van der Waals surface area contributed by atoms with Gasteiger partial charge in [0.2, 0.25) is 11.8 Å². The molecule has 3 aliphatic rings. The summed E-state index contributed by atoms with van der Waals surface area (Å²) in [5.74, 6) is 0.553. The molecule has 0 radical (unpaired) electrons. The van der Waals surface area contributed by atoms with E-state index in [1.165, 1.54) is 0 Å². The molecule has 0 saturated heterocycles. The highest BCUT2D eigenvalue weighted by molar-refractivity contribution is 6.10. The van der Waals surface area contributed by atoms with E-state index in [0.717, 1.165) is 41.8 Å². The molecule has 2 heterocycles. The molecular formula is C16H17N3O2. The number of carbonyl (C=O) groups excluding carboxylic acids is 2. The zero-order valence-corrected chi connectivity index (χ0v) is 11.8. The largest absolute Gasteiger partial charge is 0.326 e. The van der Waals surface area contributed by atoms with Gasteiger partial charge in [0.1, 0.15) is 0 Å². The lowest BCUT2D eigenvalue weighted by molar-refractivity contribution is -0.122. The van der Waals surface area contributed by atoms with Crippen molar-refractivity contribution in [2.45, 2.75) is 26.2 Å². The first kappa shape index (κ1) is 12.6. The van der Waals surface area contributed by atoms with Gasteiger partial charge in [0.15, 0.2) is 0 Å². The first-order chi connectivity index (χ1) is 10.1. The summed E-state index contributed by atoms with van der Waals surface area (Å²) in [5.41, 5.74) is 6.70. The summed E-state index contributed by atoms with van der Waals surface area (Å²) in [6.45, 7) is 1.96. The highest BCUT2D eigenvalue weighted by Crippen LogP contribution is 2.43. The van der Waals surface area contributed by atoms with Crippen molar-refractivity contribution in [3.63, 3.8) is 0 Å². The number of hydrogen-bond acceptors (Lipinski definition) is 3. The highest BCUT2D eigenvalue weighted by Gasteiger charge is 2.49. The van der Waals surface area contributed by atoms with Gasteiger partial charge in [0.05, 0.1) is 5.71 Å². The topological polar surface area (TPSA) is 70.6 Å². The van der Waals surface area contributed by atoms with E-state index >= 15 is 0 Å². The van der Waals surface area contributed by atoms with Gasteiger partial charge in [-0.3, -0.25) is 9.59 Å². The van der Waals surface area contributed by atoms with Crippen molar-refractivity contribution in [3.8, 4) is 0 Å². The zero-order chi connectivity index (χ0) is 14.6. The molecule has 1 aromatic carbocycles. The lowest BCUT2D eigenvalue weighted by Gasteiger charge is -2.14. The molecule has 5 heteroatoms. The van der Waals surface area contributed by atoms with E-state index in [2.05, 4.69) is 21.9 Å². The molecular weight excluding hydrogens is 266 g/mol. The maximum absolute atomic E-state index is 11.9. The molecule has 1 saturated carbocycles. The number of aryl methyl sites for hydroxylation is 1. The summed E-state index contributed by atoms with van der Waals surface area (Å²) in [4.78, 5) is 23.4. The van der Waals surface area contributed by atoms with Gasteiger partial charge in [0, 0.05) is 23.4 Å². The van der Waals surface area contributed by atoms with Crippen LogP contribution in [0.2, 0.25) is 0 Å². The van der Waals surface area contributed by atoms with Crippen LogP contribution in [0.15, 0.2) is 23.3 Å². The van der Waals surface area contributed by atoms with Crippen LogP contribution in [0.25, 0.3) is 0 Å². The predicted molar refractivity (Wildman–Crippen MR) is 78.8 cm³/mol. The van der Waals surface area contributed by atoms with E-state index in [1.54, 1.807) is 0 Å². The van der Waals surface area contributed by atoms with E-state index in [1.807, 2.05) is 19.1 Å². The third-order valence-electron chi connectivity index (χ3n) is 4.72. The molecule has 108 valence electrons. The van der Waals surface area contributed by atoms with Gasteiger partial charge in [-0.15, -0.1) is 0 Å². The van der Waals surface area contributed by atoms with Crippen LogP contribution in [-0.2, 0) is 16.0 Å². The molecule has 0 bridgehead atoms. The number of nitrogens with one attached hydrogen (secondary N) is 2. The van der Waals surface area contributed by atoms with Crippen molar-refractivity contribution in [1.82, 2.24) is 5.43 Å². The molecule has 3 unspecified atom stereocenters. The number of carbonyl (C=O) groups is 2. The molecule has 1 aromatic rings. The van der Waals surface area contributed by atoms with Gasteiger partial charge < -0.3 is 5.32 Å². The monoisotopic (exact) mass is 283 g/mol. The number of benzene rings is 1. The van der Waals surface area contributed by atoms with E-state index in [-0.39, 0.29) is 29.6 Å². The summed E-state index contributed by atoms with van der Waals surface area (Å²) in [6.07, 6.45) is 2.64. The van der Waals surface area contributed by atoms with E-state index < -0.39 is 0 Å². The molecule has 1 aliphatic carbocycles. The maximum Gasteiger partial charge on any atom is 0.243 e. The quantitative estimate of drug-likeness (QED) is 0.823. The van der Waals surface area contributed by atoms with Gasteiger partial charge in [-0.25, -0.2) is 5.43 Å². The van der Waals surface area contributed by atoms with Crippen LogP contribution in [-0.4, -0.2) is 17.5 Å². The minimum atomic E-state index is 0.0413. The number of anilines is 1. The minimum absolute atomic E-state index is 0.0413. The standard InChI is InChI=1S/C16H17N3O2/c1-8-2-3-9-6-10(4-5-13(9)17-15(8)20)14-11-7-12(11)16(21)19-18-14/h4-6,8,11-12H,2-3,7H2,1H3,(H,17,20)(H,19,21). The van der Waals surface area contributed by atoms with Crippen molar-refractivity contribution in [3.05, 3.63) is 29.3 Å². The zero-order valence-electron chi connectivity index (χ0n) is 11.8. The van der Waals surface area contributed by atoms with E-state index in [4.69, 9.17) is 0 Å². The second-order valence-electron chi connectivity index (χ2n) is 6.22. The van der Waals surface area contributed by atoms with Crippen molar-refractivity contribution in [2.24, 2.45) is 22.9 Å². The van der Waals surface area contributed by atoms with Crippen molar-refractivity contribution in [1.29, 1.82) is 0 Å². The van der Waals surface area contributed by atoms with Gasteiger partial charge in [-0.2, -0.15) is 5.10 Å². The van der Waals surface area contributed by atoms with Crippen LogP contribution in [0.1, 0.15) is 30.9 Å². The summed E-state index contributed by atoms with van der Waals surface area (Å²) in [6, 6.07) is 6.05. The van der Waals surface area contributed by atoms with Gasteiger partial charge >= 0.3 is 0 Å². The van der Waals surface area contributed by atoms with Crippen LogP contribution < -0.4 is 10.7 Å². The van der Waals surface area contributed by atoms with Gasteiger partial charge in [0.25, 0.3) is 0 Å². The number of rotatable bonds is 1. The van der Waals surface area contributed by atoms with E-state index in [9.17, 15) is 9.59 Å². The van der Waals surface area contributed by atoms with Crippen molar-refractivity contribution >= 4 is 23.2 Å². The second-order valence-corrected chi connectivity index (χ2v) is 6.22. The fraction of sp³-hybridized carbons (Fsp3) is 0.438. The Bertz CT molecular complexity index is 680. The fourth-order valence-corrected chi connectivity index (χ4v) is 3.19. The lowest BCUT2D eigenvalue weighted by Crippen LogP contribution is -2.28. The number of hydrogen-bond donors (Lipinski definition) is 2. The Kier molecular flexibility index (Phi) is 2.64. The third kappa shape index (κ3) is 2.04. The first-order valence-electron chi connectivity index (χ1n) is 7.45. The number of hydrazone groups is 1. The molecule has 3 atom stereocenters. The van der Waals surface area contributed by atoms with Crippen LogP contribution in [0.5, 0.6) is 0 Å². The smallest absolute Gasteiger partial charge is 0.243 e. The molecule has 1 fully saturated rings. The average molecular weight is 283 g/mol. The summed E-state index contributed by atoms with van der Waals surface area (Å²) in [7, 11) is 0. The van der Waals surface area contributed by atoms with Crippen LogP contribution in [0.4, 0.5) is 5.69 Å². The van der Waals surface area contributed by atoms with Crippen LogP contribution >= 0.6 is 0 Å². The maximum atomic E-state index is 11.9. The summed E-state index contributed by atoms with van der Waals surface area (Å²) >= 11 is 0.